The number of aromatic hydroxyl groups is 1. The fraction of sp³-hybridized carbons (Fsp3) is 0.543. The lowest BCUT2D eigenvalue weighted by atomic mass is 9.54. The van der Waals surface area contributed by atoms with E-state index in [-0.39, 0.29) is 11.3 Å². The van der Waals surface area contributed by atoms with Gasteiger partial charge < -0.3 is 9.84 Å². The lowest BCUT2D eigenvalue weighted by Crippen LogP contribution is -2.42. The number of carbonyl (C=O) groups is 1. The Bertz CT molecular complexity index is 1190. The monoisotopic (exact) mass is 529 g/mol. The molecule has 0 spiro atoms. The van der Waals surface area contributed by atoms with Crippen LogP contribution < -0.4 is 0 Å². The lowest BCUT2D eigenvalue weighted by Gasteiger charge is -2.50. The number of aliphatic imine (C=N–C) groups is 1. The highest BCUT2D eigenvalue weighted by Gasteiger charge is 2.46. The molecule has 5 rings (SSSR count). The summed E-state index contributed by atoms with van der Waals surface area (Å²) in [5.41, 5.74) is 6.04. The van der Waals surface area contributed by atoms with E-state index in [2.05, 4.69) is 50.9 Å². The predicted molar refractivity (Wildman–Crippen MR) is 162 cm³/mol. The Hall–Kier alpha value is -2.72. The molecule has 0 aromatic heterocycles. The van der Waals surface area contributed by atoms with E-state index in [0.717, 1.165) is 78.4 Å². The molecule has 210 valence electrons. The number of ether oxygens (including phenoxy) is 1. The molecule has 1 aliphatic heterocycles. The number of rotatable bonds is 7. The molecule has 0 saturated heterocycles. The van der Waals surface area contributed by atoms with Gasteiger partial charge in [0.15, 0.2) is 0 Å². The molecule has 2 aromatic carbocycles. The van der Waals surface area contributed by atoms with E-state index < -0.39 is 0 Å². The third kappa shape index (κ3) is 7.08. The first kappa shape index (κ1) is 29.3. The molecule has 1 N–H and O–H groups in total. The number of nitrogens with zero attached hydrogens (tertiary/aromatic N) is 1. The second-order valence-electron chi connectivity index (χ2n) is 12.4. The number of phenolic OH excluding ortho intramolecular Hbond substituents is 1. The van der Waals surface area contributed by atoms with Crippen molar-refractivity contribution in [2.75, 3.05) is 13.2 Å². The molecule has 2 fully saturated rings. The van der Waals surface area contributed by atoms with Gasteiger partial charge in [-0.15, -0.1) is 0 Å². The van der Waals surface area contributed by atoms with Crippen molar-refractivity contribution in [3.8, 4) is 16.9 Å². The topological polar surface area (TPSA) is 58.9 Å². The molecule has 2 atom stereocenters. The molecular formula is C35H47NO3. The fourth-order valence-electron chi connectivity index (χ4n) is 7.38. The van der Waals surface area contributed by atoms with E-state index in [1.165, 1.54) is 19.3 Å². The van der Waals surface area contributed by atoms with Gasteiger partial charge in [0.25, 0.3) is 5.91 Å². The van der Waals surface area contributed by atoms with Gasteiger partial charge in [-0.05, 0) is 110 Å². The van der Waals surface area contributed by atoms with Crippen molar-refractivity contribution >= 4 is 17.7 Å². The number of fused-ring (bicyclic) bond motifs is 2. The minimum absolute atomic E-state index is 0.0693. The highest BCUT2D eigenvalue weighted by molar-refractivity contribution is 6.14. The van der Waals surface area contributed by atoms with Gasteiger partial charge >= 0.3 is 0 Å². The quantitative estimate of drug-likeness (QED) is 0.288. The van der Waals surface area contributed by atoms with Crippen LogP contribution in [0.3, 0.4) is 0 Å². The Balaban J connectivity index is 0.000000448. The smallest absolute Gasteiger partial charge is 0.273 e. The molecule has 4 nitrogen and oxygen atoms in total. The second-order valence-corrected chi connectivity index (χ2v) is 12.4. The molecule has 3 aliphatic rings. The number of hydrogen-bond acceptors (Lipinski definition) is 3. The Labute approximate surface area is 235 Å². The van der Waals surface area contributed by atoms with Crippen molar-refractivity contribution in [3.63, 3.8) is 0 Å². The van der Waals surface area contributed by atoms with Crippen LogP contribution >= 0.6 is 0 Å². The second kappa shape index (κ2) is 13.1. The van der Waals surface area contributed by atoms with Crippen LogP contribution in [0, 0.1) is 17.8 Å². The van der Waals surface area contributed by atoms with Crippen molar-refractivity contribution in [1.29, 1.82) is 0 Å². The molecule has 2 bridgehead atoms. The van der Waals surface area contributed by atoms with Gasteiger partial charge in [0.05, 0.1) is 0 Å². The summed E-state index contributed by atoms with van der Waals surface area (Å²) in [6, 6.07) is 14.4. The van der Waals surface area contributed by atoms with E-state index in [4.69, 9.17) is 4.74 Å². The molecule has 2 saturated carbocycles. The third-order valence-corrected chi connectivity index (χ3v) is 8.51. The van der Waals surface area contributed by atoms with Crippen LogP contribution in [0.25, 0.3) is 17.2 Å². The zero-order valence-corrected chi connectivity index (χ0v) is 24.6. The maximum atomic E-state index is 12.2. The molecule has 2 aliphatic carbocycles. The van der Waals surface area contributed by atoms with E-state index in [9.17, 15) is 9.90 Å². The van der Waals surface area contributed by atoms with Crippen molar-refractivity contribution in [1.82, 2.24) is 0 Å². The van der Waals surface area contributed by atoms with Gasteiger partial charge in [0.1, 0.15) is 5.75 Å². The fourth-order valence-corrected chi connectivity index (χ4v) is 7.38. The summed E-state index contributed by atoms with van der Waals surface area (Å²) in [6.07, 6.45) is 11.0. The van der Waals surface area contributed by atoms with Crippen molar-refractivity contribution < 1.29 is 14.6 Å². The molecule has 2 unspecified atom stereocenters. The summed E-state index contributed by atoms with van der Waals surface area (Å²) in [5.74, 6) is 2.46. The zero-order valence-electron chi connectivity index (χ0n) is 24.6. The number of phenols is 1. The summed E-state index contributed by atoms with van der Waals surface area (Å²) in [4.78, 5) is 16.3. The maximum Gasteiger partial charge on any atom is 0.273 e. The van der Waals surface area contributed by atoms with Crippen molar-refractivity contribution in [2.24, 2.45) is 22.7 Å². The first-order chi connectivity index (χ1) is 18.7. The van der Waals surface area contributed by atoms with E-state index in [1.807, 2.05) is 37.3 Å². The Morgan fingerprint density at radius 3 is 2.28 bits per heavy atom. The Morgan fingerprint density at radius 2 is 1.67 bits per heavy atom. The normalized spacial score (nSPS) is 27.2. The van der Waals surface area contributed by atoms with Crippen LogP contribution in [0.4, 0.5) is 0 Å². The zero-order chi connectivity index (χ0) is 28.0. The summed E-state index contributed by atoms with van der Waals surface area (Å²) >= 11 is 0. The standard InChI is InChI=1S/C29H33NO2.C6H14O/c1-18-10-21-11-19(2)16-29(15-18,17-21)26-14-23(8-9-27(26)31)25-7-5-4-6-22(25)13-24-12-20(3)30-28(24)32;1-3-5-7-6-4-2/h4-9,13-14,18-19,21,31H,10-12,15-17H2,1-3H3;3-6H2,1-2H3/b24-13+;. The van der Waals surface area contributed by atoms with E-state index in [1.54, 1.807) is 0 Å². The molecule has 2 aromatic rings. The number of hydrogen-bond donors (Lipinski definition) is 1. The molecule has 1 heterocycles. The summed E-state index contributed by atoms with van der Waals surface area (Å²) in [7, 11) is 0. The largest absolute Gasteiger partial charge is 0.508 e. The molecular weight excluding hydrogens is 482 g/mol. The maximum absolute atomic E-state index is 12.2. The average Bonchev–Trinajstić information content (AvgIpc) is 3.20. The molecule has 0 radical (unpaired) electrons. The molecule has 4 heteroatoms. The SMILES string of the molecule is CC1=NC(=O)/C(=C/c2ccccc2-c2ccc(O)c(C34CC(C)CC(CC(C)C3)C4)c2)C1.CCCOCCC. The van der Waals surface area contributed by atoms with Crippen LogP contribution in [0.2, 0.25) is 0 Å². The summed E-state index contributed by atoms with van der Waals surface area (Å²) < 4.78 is 5.13. The molecule has 39 heavy (non-hydrogen) atoms. The number of amides is 1. The number of benzene rings is 2. The number of carbonyl (C=O) groups excluding carboxylic acids is 1. The van der Waals surface area contributed by atoms with Gasteiger partial charge in [0, 0.05) is 36.5 Å². The van der Waals surface area contributed by atoms with Crippen LogP contribution in [0.5, 0.6) is 5.75 Å². The van der Waals surface area contributed by atoms with Gasteiger partial charge in [-0.25, -0.2) is 4.99 Å². The minimum Gasteiger partial charge on any atom is -0.508 e. The first-order valence-electron chi connectivity index (χ1n) is 15.0. The van der Waals surface area contributed by atoms with Gasteiger partial charge in [-0.1, -0.05) is 58.0 Å². The van der Waals surface area contributed by atoms with Crippen LogP contribution in [0.1, 0.15) is 97.1 Å². The van der Waals surface area contributed by atoms with Crippen LogP contribution in [0.15, 0.2) is 53.0 Å². The first-order valence-corrected chi connectivity index (χ1v) is 15.0. The average molecular weight is 530 g/mol. The van der Waals surface area contributed by atoms with Gasteiger partial charge in [0.2, 0.25) is 0 Å². The highest BCUT2D eigenvalue weighted by Crippen LogP contribution is 2.56. The van der Waals surface area contributed by atoms with Crippen molar-refractivity contribution in [2.45, 2.75) is 91.4 Å². The molecule has 1 amide bonds. The lowest BCUT2D eigenvalue weighted by molar-refractivity contribution is -0.113. The Kier molecular flexibility index (Phi) is 9.82. The highest BCUT2D eigenvalue weighted by atomic mass is 16.5. The van der Waals surface area contributed by atoms with E-state index in [0.29, 0.717) is 24.0 Å². The van der Waals surface area contributed by atoms with Gasteiger partial charge in [-0.2, -0.15) is 0 Å². The van der Waals surface area contributed by atoms with Crippen molar-refractivity contribution in [3.05, 3.63) is 59.2 Å². The third-order valence-electron chi connectivity index (χ3n) is 8.51. The summed E-state index contributed by atoms with van der Waals surface area (Å²) in [6.45, 7) is 12.7. The Morgan fingerprint density at radius 1 is 1.00 bits per heavy atom. The van der Waals surface area contributed by atoms with E-state index >= 15 is 0 Å². The van der Waals surface area contributed by atoms with Gasteiger partial charge in [-0.3, -0.25) is 4.79 Å². The predicted octanol–water partition coefficient (Wildman–Crippen LogP) is 8.76. The van der Waals surface area contributed by atoms with Crippen LogP contribution in [-0.4, -0.2) is 29.9 Å². The summed E-state index contributed by atoms with van der Waals surface area (Å²) in [5, 5.41) is 11.0. The minimum atomic E-state index is -0.124. The van der Waals surface area contributed by atoms with Crippen LogP contribution in [-0.2, 0) is 14.9 Å².